The van der Waals surface area contributed by atoms with Gasteiger partial charge in [-0.25, -0.2) is 4.98 Å². The summed E-state index contributed by atoms with van der Waals surface area (Å²) in [5.74, 6) is 0.309. The Hall–Kier alpha value is -0.880. The lowest BCUT2D eigenvalue weighted by molar-refractivity contribution is 0.168. The van der Waals surface area contributed by atoms with E-state index in [-0.39, 0.29) is 11.1 Å². The Morgan fingerprint density at radius 3 is 2.88 bits per heavy atom. The van der Waals surface area contributed by atoms with Crippen LogP contribution in [0.1, 0.15) is 32.1 Å². The van der Waals surface area contributed by atoms with Crippen LogP contribution in [0.3, 0.4) is 0 Å². The van der Waals surface area contributed by atoms with Gasteiger partial charge in [-0.1, -0.05) is 19.3 Å². The molecule has 0 amide bonds. The van der Waals surface area contributed by atoms with Crippen LogP contribution < -0.4 is 16.0 Å². The Labute approximate surface area is 108 Å². The predicted molar refractivity (Wildman–Crippen MR) is 68.1 cm³/mol. The van der Waals surface area contributed by atoms with Crippen LogP contribution in [0.25, 0.3) is 0 Å². The van der Waals surface area contributed by atoms with Gasteiger partial charge in [-0.15, -0.1) is 0 Å². The molecule has 0 saturated heterocycles. The standard InChI is InChI=1S/C11H16BrN3O2/c12-8-9(16)14-7-15-10(8)17-6-11(13)4-2-1-3-5-11/h7H,1-6,13H2,(H,14,15,16). The van der Waals surface area contributed by atoms with E-state index in [1.807, 2.05) is 0 Å². The maximum Gasteiger partial charge on any atom is 0.268 e. The average molecular weight is 302 g/mol. The molecule has 0 aliphatic heterocycles. The van der Waals surface area contributed by atoms with Gasteiger partial charge in [0, 0.05) is 0 Å². The SMILES string of the molecule is NC1(COc2nc[nH]c(=O)c2Br)CCCCC1. The lowest BCUT2D eigenvalue weighted by Crippen LogP contribution is -2.47. The molecule has 2 rings (SSSR count). The summed E-state index contributed by atoms with van der Waals surface area (Å²) in [6, 6.07) is 0. The van der Waals surface area contributed by atoms with Gasteiger partial charge in [-0.3, -0.25) is 4.79 Å². The number of hydrogen-bond acceptors (Lipinski definition) is 4. The first-order chi connectivity index (χ1) is 8.11. The van der Waals surface area contributed by atoms with Crippen LogP contribution in [-0.2, 0) is 0 Å². The van der Waals surface area contributed by atoms with E-state index in [1.54, 1.807) is 0 Å². The number of halogens is 1. The monoisotopic (exact) mass is 301 g/mol. The minimum atomic E-state index is -0.276. The molecule has 0 unspecified atom stereocenters. The summed E-state index contributed by atoms with van der Waals surface area (Å²) in [5, 5.41) is 0. The fourth-order valence-corrected chi connectivity index (χ4v) is 2.41. The summed E-state index contributed by atoms with van der Waals surface area (Å²) in [5.41, 5.74) is 5.72. The van der Waals surface area contributed by atoms with Crippen LogP contribution >= 0.6 is 15.9 Å². The zero-order valence-electron chi connectivity index (χ0n) is 9.54. The number of nitrogens with one attached hydrogen (secondary N) is 1. The number of rotatable bonds is 3. The van der Waals surface area contributed by atoms with Crippen LogP contribution in [-0.4, -0.2) is 22.1 Å². The lowest BCUT2D eigenvalue weighted by Gasteiger charge is -2.32. The molecule has 0 bridgehead atoms. The lowest BCUT2D eigenvalue weighted by atomic mass is 9.83. The Balaban J connectivity index is 2.02. The maximum absolute atomic E-state index is 11.3. The fraction of sp³-hybridized carbons (Fsp3) is 0.636. The molecule has 17 heavy (non-hydrogen) atoms. The van der Waals surface area contributed by atoms with Crippen LogP contribution in [0.5, 0.6) is 5.88 Å². The summed E-state index contributed by atoms with van der Waals surface area (Å²) in [6.45, 7) is 0.405. The number of aromatic nitrogens is 2. The molecule has 6 heteroatoms. The van der Waals surface area contributed by atoms with E-state index >= 15 is 0 Å². The summed E-state index contributed by atoms with van der Waals surface area (Å²) in [4.78, 5) is 17.8. The molecule has 1 aliphatic carbocycles. The minimum absolute atomic E-state index is 0.246. The van der Waals surface area contributed by atoms with Crippen molar-refractivity contribution in [1.82, 2.24) is 9.97 Å². The third-order valence-electron chi connectivity index (χ3n) is 3.11. The zero-order chi connectivity index (χ0) is 12.3. The van der Waals surface area contributed by atoms with Crippen molar-refractivity contribution in [2.45, 2.75) is 37.6 Å². The smallest absolute Gasteiger partial charge is 0.268 e. The van der Waals surface area contributed by atoms with Crippen molar-refractivity contribution in [2.24, 2.45) is 5.73 Å². The highest BCUT2D eigenvalue weighted by Crippen LogP contribution is 2.27. The molecule has 94 valence electrons. The van der Waals surface area contributed by atoms with E-state index in [1.165, 1.54) is 12.7 Å². The molecule has 5 nitrogen and oxygen atoms in total. The second-order valence-corrected chi connectivity index (χ2v) is 5.36. The van der Waals surface area contributed by atoms with E-state index in [2.05, 4.69) is 25.9 Å². The predicted octanol–water partition coefficient (Wildman–Crippen LogP) is 1.57. The van der Waals surface area contributed by atoms with Gasteiger partial charge >= 0.3 is 0 Å². The van der Waals surface area contributed by atoms with Crippen molar-refractivity contribution in [3.63, 3.8) is 0 Å². The average Bonchev–Trinajstić information content (AvgIpc) is 2.32. The van der Waals surface area contributed by atoms with Gasteiger partial charge in [0.25, 0.3) is 5.56 Å². The van der Waals surface area contributed by atoms with E-state index in [0.717, 1.165) is 25.7 Å². The van der Waals surface area contributed by atoms with Gasteiger partial charge < -0.3 is 15.5 Å². The van der Waals surface area contributed by atoms with Gasteiger partial charge in [-0.05, 0) is 28.8 Å². The van der Waals surface area contributed by atoms with E-state index in [4.69, 9.17) is 10.5 Å². The van der Waals surface area contributed by atoms with Gasteiger partial charge in [-0.2, -0.15) is 0 Å². The Kier molecular flexibility index (Phi) is 3.83. The molecule has 1 fully saturated rings. The zero-order valence-corrected chi connectivity index (χ0v) is 11.1. The Morgan fingerprint density at radius 2 is 2.18 bits per heavy atom. The third kappa shape index (κ3) is 3.07. The first-order valence-corrected chi connectivity index (χ1v) is 6.55. The molecule has 1 heterocycles. The highest BCUT2D eigenvalue weighted by atomic mass is 79.9. The third-order valence-corrected chi connectivity index (χ3v) is 3.81. The van der Waals surface area contributed by atoms with Crippen LogP contribution in [0.2, 0.25) is 0 Å². The largest absolute Gasteiger partial charge is 0.475 e. The molecule has 1 aromatic rings. The summed E-state index contributed by atoms with van der Waals surface area (Å²) in [6.07, 6.45) is 6.79. The second kappa shape index (κ2) is 5.18. The molecule has 0 radical (unpaired) electrons. The highest BCUT2D eigenvalue weighted by Gasteiger charge is 2.28. The van der Waals surface area contributed by atoms with Crippen LogP contribution in [0.15, 0.2) is 15.6 Å². The minimum Gasteiger partial charge on any atom is -0.475 e. The van der Waals surface area contributed by atoms with E-state index < -0.39 is 0 Å². The van der Waals surface area contributed by atoms with Crippen molar-refractivity contribution >= 4 is 15.9 Å². The van der Waals surface area contributed by atoms with Crippen LogP contribution in [0.4, 0.5) is 0 Å². The molecular formula is C11H16BrN3O2. The van der Waals surface area contributed by atoms with Crippen molar-refractivity contribution in [3.8, 4) is 5.88 Å². The number of aromatic amines is 1. The van der Waals surface area contributed by atoms with Crippen molar-refractivity contribution in [3.05, 3.63) is 21.2 Å². The van der Waals surface area contributed by atoms with Crippen molar-refractivity contribution in [1.29, 1.82) is 0 Å². The molecule has 0 spiro atoms. The van der Waals surface area contributed by atoms with E-state index in [9.17, 15) is 4.79 Å². The molecule has 0 aromatic carbocycles. The molecule has 0 atom stereocenters. The number of nitrogens with zero attached hydrogens (tertiary/aromatic N) is 1. The topological polar surface area (TPSA) is 81.0 Å². The van der Waals surface area contributed by atoms with Gasteiger partial charge in [0.05, 0.1) is 11.9 Å². The van der Waals surface area contributed by atoms with Crippen molar-refractivity contribution in [2.75, 3.05) is 6.61 Å². The van der Waals surface area contributed by atoms with Gasteiger partial charge in [0.2, 0.25) is 5.88 Å². The van der Waals surface area contributed by atoms with E-state index in [0.29, 0.717) is 17.0 Å². The maximum atomic E-state index is 11.3. The number of hydrogen-bond donors (Lipinski definition) is 2. The summed E-state index contributed by atoms with van der Waals surface area (Å²) >= 11 is 3.15. The van der Waals surface area contributed by atoms with Gasteiger partial charge in [0.1, 0.15) is 11.1 Å². The Morgan fingerprint density at radius 1 is 1.47 bits per heavy atom. The first kappa shape index (κ1) is 12.6. The van der Waals surface area contributed by atoms with Crippen LogP contribution in [0, 0.1) is 0 Å². The summed E-state index contributed by atoms with van der Waals surface area (Å²) in [7, 11) is 0. The highest BCUT2D eigenvalue weighted by molar-refractivity contribution is 9.10. The van der Waals surface area contributed by atoms with Gasteiger partial charge in [0.15, 0.2) is 0 Å². The fourth-order valence-electron chi connectivity index (χ4n) is 2.08. The molecule has 1 aromatic heterocycles. The molecular weight excluding hydrogens is 286 g/mol. The molecule has 3 N–H and O–H groups in total. The number of nitrogens with two attached hydrogens (primary N) is 1. The second-order valence-electron chi connectivity index (χ2n) is 4.56. The number of ether oxygens (including phenoxy) is 1. The van der Waals surface area contributed by atoms with Crippen molar-refractivity contribution < 1.29 is 4.74 Å². The Bertz CT molecular complexity index is 441. The summed E-state index contributed by atoms with van der Waals surface area (Å²) < 4.78 is 5.88. The first-order valence-electron chi connectivity index (χ1n) is 5.76. The molecule has 1 saturated carbocycles. The quantitative estimate of drug-likeness (QED) is 0.888. The normalized spacial score (nSPS) is 18.9. The molecule has 1 aliphatic rings. The number of H-pyrrole nitrogens is 1.